The average Bonchev–Trinajstić information content (AvgIpc) is 2.67. The first-order valence-electron chi connectivity index (χ1n) is 5.86. The lowest BCUT2D eigenvalue weighted by molar-refractivity contribution is 0.420. The highest BCUT2D eigenvalue weighted by Crippen LogP contribution is 2.36. The van der Waals surface area contributed by atoms with Gasteiger partial charge in [0.15, 0.2) is 0 Å². The fraction of sp³-hybridized carbons (Fsp3) is 0.125. The van der Waals surface area contributed by atoms with Gasteiger partial charge in [-0.05, 0) is 29.3 Å². The summed E-state index contributed by atoms with van der Waals surface area (Å²) in [6.07, 6.45) is 6.99. The molecule has 2 N–H and O–H groups in total. The van der Waals surface area contributed by atoms with Crippen LogP contribution >= 0.6 is 11.6 Å². The third-order valence-corrected chi connectivity index (χ3v) is 3.36. The molecule has 1 unspecified atom stereocenters. The summed E-state index contributed by atoms with van der Waals surface area (Å²) < 4.78 is 0. The molecule has 1 aromatic rings. The Morgan fingerprint density at radius 2 is 2.05 bits per heavy atom. The van der Waals surface area contributed by atoms with E-state index in [-0.39, 0.29) is 11.7 Å². The van der Waals surface area contributed by atoms with Gasteiger partial charge in [-0.25, -0.2) is 0 Å². The Bertz CT molecular complexity index is 617. The lowest BCUT2D eigenvalue weighted by atomic mass is 9.95. The maximum Gasteiger partial charge on any atom is 0.135 e. The molecule has 0 aromatic heterocycles. The van der Waals surface area contributed by atoms with E-state index in [4.69, 9.17) is 18.0 Å². The predicted octanol–water partition coefficient (Wildman–Crippen LogP) is 3.88. The summed E-state index contributed by atoms with van der Waals surface area (Å²) in [6.45, 7) is 5.68. The van der Waals surface area contributed by atoms with Crippen LogP contribution < -0.4 is 5.32 Å². The van der Waals surface area contributed by atoms with E-state index in [9.17, 15) is 5.11 Å². The smallest absolute Gasteiger partial charge is 0.135 e. The maximum absolute atomic E-state index is 10.00. The Balaban J connectivity index is 2.25. The Kier molecular flexibility index (Phi) is 3.69. The monoisotopic (exact) mass is 271 g/mol. The Morgan fingerprint density at radius 3 is 2.63 bits per heavy atom. The van der Waals surface area contributed by atoms with Gasteiger partial charge in [0.2, 0.25) is 0 Å². The standard InChI is InChI=1S/C16H14ClNO/c1-4-10(2)18-16-11(3)14(9-15(16)19)12-5-7-13(17)8-6-12/h1,5-9,11,18-19H,2H2,3H3. The van der Waals surface area contributed by atoms with E-state index in [1.165, 1.54) is 0 Å². The van der Waals surface area contributed by atoms with E-state index < -0.39 is 0 Å². The predicted molar refractivity (Wildman–Crippen MR) is 79.4 cm³/mol. The number of nitrogens with one attached hydrogen (secondary N) is 1. The molecular weight excluding hydrogens is 258 g/mol. The Hall–Kier alpha value is -2.11. The minimum absolute atomic E-state index is 0.0197. The molecule has 0 heterocycles. The molecule has 0 fully saturated rings. The maximum atomic E-state index is 10.00. The quantitative estimate of drug-likeness (QED) is 0.818. The molecule has 1 aliphatic rings. The highest BCUT2D eigenvalue weighted by molar-refractivity contribution is 6.30. The fourth-order valence-corrected chi connectivity index (χ4v) is 2.20. The van der Waals surface area contributed by atoms with Gasteiger partial charge >= 0.3 is 0 Å². The van der Waals surface area contributed by atoms with Gasteiger partial charge in [0.25, 0.3) is 0 Å². The van der Waals surface area contributed by atoms with Crippen LogP contribution in [-0.2, 0) is 0 Å². The molecule has 0 bridgehead atoms. The second-order valence-electron chi connectivity index (χ2n) is 4.38. The van der Waals surface area contributed by atoms with Gasteiger partial charge in [-0.15, -0.1) is 6.42 Å². The zero-order chi connectivity index (χ0) is 14.0. The second-order valence-corrected chi connectivity index (χ2v) is 4.81. The van der Waals surface area contributed by atoms with Crippen molar-refractivity contribution in [3.05, 3.63) is 64.7 Å². The molecule has 1 atom stereocenters. The van der Waals surface area contributed by atoms with Crippen LogP contribution in [0.3, 0.4) is 0 Å². The highest BCUT2D eigenvalue weighted by Gasteiger charge is 2.25. The van der Waals surface area contributed by atoms with Gasteiger partial charge in [-0.2, -0.15) is 0 Å². The number of hydrogen-bond donors (Lipinski definition) is 2. The minimum atomic E-state index is 0.0197. The molecule has 96 valence electrons. The highest BCUT2D eigenvalue weighted by atomic mass is 35.5. The van der Waals surface area contributed by atoms with Crippen LogP contribution in [0.15, 0.2) is 54.1 Å². The van der Waals surface area contributed by atoms with Crippen molar-refractivity contribution in [2.24, 2.45) is 5.92 Å². The van der Waals surface area contributed by atoms with Crippen LogP contribution in [0.25, 0.3) is 5.57 Å². The summed E-state index contributed by atoms with van der Waals surface area (Å²) in [5.74, 6) is 2.61. The van der Waals surface area contributed by atoms with Crippen LogP contribution in [0.1, 0.15) is 12.5 Å². The number of hydrogen-bond acceptors (Lipinski definition) is 2. The SMILES string of the molecule is C#CC(=C)NC1=C(O)C=C(c2ccc(Cl)cc2)C1C. The average molecular weight is 272 g/mol. The molecule has 0 saturated carbocycles. The number of allylic oxidation sites excluding steroid dienone is 3. The van der Waals surface area contributed by atoms with Crippen LogP contribution in [0.2, 0.25) is 5.02 Å². The van der Waals surface area contributed by atoms with E-state index in [1.54, 1.807) is 6.08 Å². The second kappa shape index (κ2) is 5.26. The number of terminal acetylenes is 1. The molecule has 2 nitrogen and oxygen atoms in total. The molecule has 0 saturated heterocycles. The summed E-state index contributed by atoms with van der Waals surface area (Å²) >= 11 is 5.87. The zero-order valence-corrected chi connectivity index (χ0v) is 11.3. The van der Waals surface area contributed by atoms with E-state index in [0.29, 0.717) is 16.4 Å². The van der Waals surface area contributed by atoms with E-state index in [1.807, 2.05) is 31.2 Å². The first-order valence-corrected chi connectivity index (χ1v) is 6.24. The first-order chi connectivity index (χ1) is 9.02. The van der Waals surface area contributed by atoms with Crippen molar-refractivity contribution in [1.29, 1.82) is 0 Å². The summed E-state index contributed by atoms with van der Waals surface area (Å²) in [6, 6.07) is 7.51. The number of rotatable bonds is 3. The van der Waals surface area contributed by atoms with E-state index in [2.05, 4.69) is 17.8 Å². The fourth-order valence-electron chi connectivity index (χ4n) is 2.07. The molecule has 0 aliphatic heterocycles. The minimum Gasteiger partial charge on any atom is -0.506 e. The third kappa shape index (κ3) is 2.67. The molecule has 0 spiro atoms. The van der Waals surface area contributed by atoms with Crippen molar-refractivity contribution in [3.8, 4) is 12.3 Å². The molecule has 0 radical (unpaired) electrons. The van der Waals surface area contributed by atoms with Crippen molar-refractivity contribution < 1.29 is 5.11 Å². The summed E-state index contributed by atoms with van der Waals surface area (Å²) in [5, 5.41) is 13.6. The summed E-state index contributed by atoms with van der Waals surface area (Å²) in [7, 11) is 0. The van der Waals surface area contributed by atoms with Gasteiger partial charge < -0.3 is 10.4 Å². The number of halogens is 1. The van der Waals surface area contributed by atoms with Gasteiger partial charge in [0.05, 0.1) is 11.4 Å². The van der Waals surface area contributed by atoms with Gasteiger partial charge in [0, 0.05) is 10.9 Å². The summed E-state index contributed by atoms with van der Waals surface area (Å²) in [4.78, 5) is 0. The Morgan fingerprint density at radius 1 is 1.42 bits per heavy atom. The van der Waals surface area contributed by atoms with Crippen LogP contribution in [0, 0.1) is 18.3 Å². The Labute approximate surface area is 118 Å². The molecule has 2 rings (SSSR count). The summed E-state index contributed by atoms with van der Waals surface area (Å²) in [5.41, 5.74) is 3.14. The van der Waals surface area contributed by atoms with Crippen molar-refractivity contribution >= 4 is 17.2 Å². The number of benzene rings is 1. The topological polar surface area (TPSA) is 32.3 Å². The number of aliphatic hydroxyl groups excluding tert-OH is 1. The van der Waals surface area contributed by atoms with Crippen LogP contribution in [0.4, 0.5) is 0 Å². The van der Waals surface area contributed by atoms with E-state index in [0.717, 1.165) is 11.1 Å². The lowest BCUT2D eigenvalue weighted by Crippen LogP contribution is -2.17. The normalized spacial score (nSPS) is 17.9. The van der Waals surface area contributed by atoms with Crippen LogP contribution in [0.5, 0.6) is 0 Å². The first kappa shape index (κ1) is 13.3. The molecule has 1 aromatic carbocycles. The largest absolute Gasteiger partial charge is 0.506 e. The third-order valence-electron chi connectivity index (χ3n) is 3.11. The van der Waals surface area contributed by atoms with Gasteiger partial charge in [0.1, 0.15) is 5.76 Å². The molecule has 19 heavy (non-hydrogen) atoms. The van der Waals surface area contributed by atoms with Gasteiger partial charge in [-0.3, -0.25) is 0 Å². The van der Waals surface area contributed by atoms with Crippen molar-refractivity contribution in [2.75, 3.05) is 0 Å². The van der Waals surface area contributed by atoms with Gasteiger partial charge in [-0.1, -0.05) is 43.2 Å². The van der Waals surface area contributed by atoms with Crippen LogP contribution in [-0.4, -0.2) is 5.11 Å². The molecule has 1 aliphatic carbocycles. The number of aliphatic hydroxyl groups is 1. The molecule has 3 heteroatoms. The van der Waals surface area contributed by atoms with E-state index >= 15 is 0 Å². The molecule has 0 amide bonds. The van der Waals surface area contributed by atoms with Crippen molar-refractivity contribution in [2.45, 2.75) is 6.92 Å². The van der Waals surface area contributed by atoms with Crippen molar-refractivity contribution in [1.82, 2.24) is 5.32 Å². The lowest BCUT2D eigenvalue weighted by Gasteiger charge is -2.16. The zero-order valence-electron chi connectivity index (χ0n) is 10.6. The van der Waals surface area contributed by atoms with Crippen molar-refractivity contribution in [3.63, 3.8) is 0 Å². The molecular formula is C16H14ClNO.